The zero-order chi connectivity index (χ0) is 20.1. The molecule has 0 N–H and O–H groups in total. The first-order chi connectivity index (χ1) is 13.2. The zero-order valence-electron chi connectivity index (χ0n) is 16.0. The Kier molecular flexibility index (Phi) is 4.65. The van der Waals surface area contributed by atoms with Gasteiger partial charge in [0.1, 0.15) is 15.7 Å². The van der Waals surface area contributed by atoms with Crippen LogP contribution in [0.1, 0.15) is 24.5 Å². The van der Waals surface area contributed by atoms with Gasteiger partial charge in [-0.3, -0.25) is 9.59 Å². The summed E-state index contributed by atoms with van der Waals surface area (Å²) in [5, 5.41) is 0. The first-order valence-corrected chi connectivity index (χ1v) is 11.5. The van der Waals surface area contributed by atoms with E-state index in [-0.39, 0.29) is 35.5 Å². The van der Waals surface area contributed by atoms with Gasteiger partial charge in [0.15, 0.2) is 0 Å². The first-order valence-electron chi connectivity index (χ1n) is 9.40. The van der Waals surface area contributed by atoms with Crippen molar-refractivity contribution in [3.8, 4) is 11.4 Å². The van der Waals surface area contributed by atoms with Crippen molar-refractivity contribution in [2.24, 2.45) is 13.0 Å². The summed E-state index contributed by atoms with van der Waals surface area (Å²) in [6, 6.07) is 3.79. The highest BCUT2D eigenvalue weighted by Crippen LogP contribution is 2.35. The van der Waals surface area contributed by atoms with Crippen molar-refractivity contribution in [2.45, 2.75) is 25.3 Å². The third-order valence-corrected chi connectivity index (χ3v) is 6.65. The van der Waals surface area contributed by atoms with E-state index in [9.17, 15) is 18.0 Å². The minimum atomic E-state index is -3.16. The molecule has 2 aromatic heterocycles. The number of carbonyl (C=O) groups is 1. The van der Waals surface area contributed by atoms with Crippen molar-refractivity contribution in [2.75, 3.05) is 25.1 Å². The van der Waals surface area contributed by atoms with Crippen molar-refractivity contribution in [3.05, 3.63) is 40.6 Å². The molecule has 2 aromatic rings. The predicted octanol–water partition coefficient (Wildman–Crippen LogP) is 0.629. The van der Waals surface area contributed by atoms with Crippen molar-refractivity contribution in [1.82, 2.24) is 19.0 Å². The van der Waals surface area contributed by atoms with Gasteiger partial charge in [-0.05, 0) is 24.5 Å². The van der Waals surface area contributed by atoms with Crippen LogP contribution in [-0.4, -0.2) is 58.4 Å². The summed E-state index contributed by atoms with van der Waals surface area (Å²) in [7, 11) is -1.30. The van der Waals surface area contributed by atoms with Gasteiger partial charge in [0, 0.05) is 63.4 Å². The van der Waals surface area contributed by atoms with Crippen LogP contribution in [0.15, 0.2) is 29.3 Å². The van der Waals surface area contributed by atoms with E-state index in [0.29, 0.717) is 31.0 Å². The summed E-state index contributed by atoms with van der Waals surface area (Å²) in [6.07, 6.45) is 5.59. The van der Waals surface area contributed by atoms with Crippen molar-refractivity contribution in [1.29, 1.82) is 0 Å². The SMILES string of the molecule is Cn1ccnc1-c1ccc2n(c1=O)C[C@H]1C[C@@H]2CN(C(=O)CCS(C)(=O)=O)C1. The lowest BCUT2D eigenvalue weighted by Crippen LogP contribution is -2.49. The molecule has 0 aliphatic carbocycles. The summed E-state index contributed by atoms with van der Waals surface area (Å²) < 4.78 is 26.4. The number of hydrogen-bond acceptors (Lipinski definition) is 5. The Morgan fingerprint density at radius 3 is 2.71 bits per heavy atom. The highest BCUT2D eigenvalue weighted by molar-refractivity contribution is 7.90. The van der Waals surface area contributed by atoms with Gasteiger partial charge in [-0.1, -0.05) is 0 Å². The number of rotatable bonds is 4. The second-order valence-electron chi connectivity index (χ2n) is 7.93. The second-order valence-corrected chi connectivity index (χ2v) is 10.2. The summed E-state index contributed by atoms with van der Waals surface area (Å²) >= 11 is 0. The van der Waals surface area contributed by atoms with Crippen LogP contribution in [0.4, 0.5) is 0 Å². The Bertz CT molecular complexity index is 1090. The van der Waals surface area contributed by atoms with Gasteiger partial charge in [0.25, 0.3) is 5.56 Å². The summed E-state index contributed by atoms with van der Waals surface area (Å²) in [5.41, 5.74) is 1.48. The van der Waals surface area contributed by atoms with Gasteiger partial charge >= 0.3 is 0 Å². The largest absolute Gasteiger partial charge is 0.342 e. The van der Waals surface area contributed by atoms with E-state index in [4.69, 9.17) is 0 Å². The van der Waals surface area contributed by atoms with E-state index < -0.39 is 9.84 Å². The number of amides is 1. The number of aromatic nitrogens is 3. The maximum absolute atomic E-state index is 13.1. The summed E-state index contributed by atoms with van der Waals surface area (Å²) in [6.45, 7) is 1.66. The van der Waals surface area contributed by atoms with E-state index >= 15 is 0 Å². The molecule has 1 fully saturated rings. The van der Waals surface area contributed by atoms with Crippen molar-refractivity contribution >= 4 is 15.7 Å². The first kappa shape index (κ1) is 18.9. The minimum Gasteiger partial charge on any atom is -0.342 e. The highest BCUT2D eigenvalue weighted by atomic mass is 32.2. The molecule has 2 atom stereocenters. The van der Waals surface area contributed by atoms with Gasteiger partial charge in [-0.2, -0.15) is 0 Å². The number of nitrogens with zero attached hydrogens (tertiary/aromatic N) is 4. The van der Waals surface area contributed by atoms with Crippen LogP contribution < -0.4 is 5.56 Å². The Labute approximate surface area is 163 Å². The second kappa shape index (κ2) is 6.88. The standard InChI is InChI=1S/C19H24N4O4S/c1-21-7-6-20-18(21)15-3-4-16-14-9-13(11-23(16)19(15)25)10-22(12-14)17(24)5-8-28(2,26)27/h3-4,6-7,13-14H,5,8-12H2,1-2H3/t13-,14+/m0/s1. The number of pyridine rings is 1. The molecule has 2 bridgehead atoms. The maximum atomic E-state index is 13.1. The summed E-state index contributed by atoms with van der Waals surface area (Å²) in [5.74, 6) is 0.690. The fourth-order valence-corrected chi connectivity index (χ4v) is 4.92. The molecule has 1 saturated heterocycles. The molecule has 150 valence electrons. The Balaban J connectivity index is 1.59. The van der Waals surface area contributed by atoms with E-state index in [2.05, 4.69) is 4.98 Å². The number of sulfone groups is 1. The Morgan fingerprint density at radius 1 is 1.25 bits per heavy atom. The molecule has 28 heavy (non-hydrogen) atoms. The van der Waals surface area contributed by atoms with E-state index in [1.165, 1.54) is 0 Å². The molecule has 9 heteroatoms. The molecule has 0 radical (unpaired) electrons. The van der Waals surface area contributed by atoms with Crippen LogP contribution in [0.25, 0.3) is 11.4 Å². The number of hydrogen-bond donors (Lipinski definition) is 0. The highest BCUT2D eigenvalue weighted by Gasteiger charge is 2.36. The number of piperidine rings is 1. The number of fused-ring (bicyclic) bond motifs is 4. The molecule has 8 nitrogen and oxygen atoms in total. The molecule has 1 amide bonds. The van der Waals surface area contributed by atoms with Gasteiger partial charge in [-0.15, -0.1) is 0 Å². The van der Waals surface area contributed by atoms with Crippen LogP contribution in [0.2, 0.25) is 0 Å². The minimum absolute atomic E-state index is 0.0170. The van der Waals surface area contributed by atoms with Crippen LogP contribution in [-0.2, 0) is 28.2 Å². The van der Waals surface area contributed by atoms with Gasteiger partial charge in [0.05, 0.1) is 11.3 Å². The van der Waals surface area contributed by atoms with Gasteiger partial charge in [0.2, 0.25) is 5.91 Å². The quantitative estimate of drug-likeness (QED) is 0.745. The number of likely N-dealkylation sites (tertiary alicyclic amines) is 1. The van der Waals surface area contributed by atoms with Crippen molar-refractivity contribution < 1.29 is 13.2 Å². The lowest BCUT2D eigenvalue weighted by molar-refractivity contribution is -0.133. The topological polar surface area (TPSA) is 94.3 Å². The molecule has 4 heterocycles. The van der Waals surface area contributed by atoms with Crippen molar-refractivity contribution in [3.63, 3.8) is 0 Å². The van der Waals surface area contributed by atoms with Gasteiger partial charge < -0.3 is 14.0 Å². The zero-order valence-corrected chi connectivity index (χ0v) is 16.9. The molecular formula is C19H24N4O4S. The van der Waals surface area contributed by atoms with E-state index in [1.807, 2.05) is 34.5 Å². The molecular weight excluding hydrogens is 380 g/mol. The van der Waals surface area contributed by atoms with Crippen LogP contribution in [0.5, 0.6) is 0 Å². The van der Waals surface area contributed by atoms with Crippen LogP contribution in [0.3, 0.4) is 0 Å². The molecule has 0 aromatic carbocycles. The van der Waals surface area contributed by atoms with Crippen LogP contribution in [0, 0.1) is 5.92 Å². The average Bonchev–Trinajstić information content (AvgIpc) is 3.05. The lowest BCUT2D eigenvalue weighted by atomic mass is 9.83. The Hall–Kier alpha value is -2.42. The molecule has 0 saturated carbocycles. The maximum Gasteiger partial charge on any atom is 0.261 e. The predicted molar refractivity (Wildman–Crippen MR) is 105 cm³/mol. The average molecular weight is 404 g/mol. The van der Waals surface area contributed by atoms with E-state index in [1.54, 1.807) is 11.1 Å². The molecule has 4 rings (SSSR count). The Morgan fingerprint density at radius 2 is 2.04 bits per heavy atom. The number of carbonyl (C=O) groups excluding carboxylic acids is 1. The molecule has 0 unspecified atom stereocenters. The summed E-state index contributed by atoms with van der Waals surface area (Å²) in [4.78, 5) is 31.6. The number of aryl methyl sites for hydroxylation is 1. The fourth-order valence-electron chi connectivity index (χ4n) is 4.38. The monoisotopic (exact) mass is 404 g/mol. The van der Waals surface area contributed by atoms with Gasteiger partial charge in [-0.25, -0.2) is 13.4 Å². The lowest BCUT2D eigenvalue weighted by Gasteiger charge is -2.43. The molecule has 2 aliphatic heterocycles. The fraction of sp³-hybridized carbons (Fsp3) is 0.526. The molecule has 0 spiro atoms. The number of imidazole rings is 1. The smallest absolute Gasteiger partial charge is 0.261 e. The third-order valence-electron chi connectivity index (χ3n) is 5.71. The van der Waals surface area contributed by atoms with E-state index in [0.717, 1.165) is 18.4 Å². The normalized spacial score (nSPS) is 21.4. The molecule has 2 aliphatic rings. The third kappa shape index (κ3) is 3.50. The van der Waals surface area contributed by atoms with Crippen LogP contribution >= 0.6 is 0 Å².